The highest BCUT2D eigenvalue weighted by Gasteiger charge is 2.34. The van der Waals surface area contributed by atoms with Crippen LogP contribution >= 0.6 is 0 Å². The van der Waals surface area contributed by atoms with Gasteiger partial charge in [-0.1, -0.05) is 24.3 Å². The molecule has 1 heterocycles. The average molecular weight is 381 g/mol. The van der Waals surface area contributed by atoms with E-state index in [2.05, 4.69) is 0 Å². The number of ether oxygens (including phenoxy) is 2. The zero-order valence-corrected chi connectivity index (χ0v) is 16.1. The first-order valence-electron chi connectivity index (χ1n) is 9.07. The molecule has 0 saturated heterocycles. The molecule has 0 aromatic heterocycles. The number of hydrogen-bond acceptors (Lipinski definition) is 5. The van der Waals surface area contributed by atoms with E-state index < -0.39 is 12.1 Å². The number of fused-ring (bicyclic) bond motifs is 1. The maximum absolute atomic E-state index is 12.8. The van der Waals surface area contributed by atoms with Crippen molar-refractivity contribution in [1.29, 1.82) is 0 Å². The lowest BCUT2D eigenvalue weighted by atomic mass is 10.1. The van der Waals surface area contributed by atoms with Gasteiger partial charge in [0.15, 0.2) is 17.6 Å². The summed E-state index contributed by atoms with van der Waals surface area (Å²) < 4.78 is 10.3. The number of hydrogen-bond donors (Lipinski definition) is 1. The Balaban J connectivity index is 1.65. The van der Waals surface area contributed by atoms with Gasteiger partial charge in [0.2, 0.25) is 0 Å². The number of phenols is 1. The fourth-order valence-electron chi connectivity index (χ4n) is 3.32. The third-order valence-corrected chi connectivity index (χ3v) is 4.70. The lowest BCUT2D eigenvalue weighted by Crippen LogP contribution is -2.43. The van der Waals surface area contributed by atoms with E-state index in [4.69, 9.17) is 9.47 Å². The zero-order valence-electron chi connectivity index (χ0n) is 16.1. The summed E-state index contributed by atoms with van der Waals surface area (Å²) in [6.45, 7) is 3.55. The van der Waals surface area contributed by atoms with Gasteiger partial charge in [0.05, 0.1) is 7.11 Å². The number of methoxy groups -OCH3 is 1. The monoisotopic (exact) mass is 381 g/mol. The van der Waals surface area contributed by atoms with Gasteiger partial charge >= 0.3 is 5.97 Å². The van der Waals surface area contributed by atoms with Crippen molar-refractivity contribution in [2.45, 2.75) is 32.4 Å². The summed E-state index contributed by atoms with van der Waals surface area (Å²) in [6.07, 6.45) is 2.66. The Bertz CT molecular complexity index is 921. The van der Waals surface area contributed by atoms with E-state index in [-0.39, 0.29) is 17.7 Å². The summed E-state index contributed by atoms with van der Waals surface area (Å²) in [6, 6.07) is 12.5. The van der Waals surface area contributed by atoms with Crippen LogP contribution in [0.15, 0.2) is 48.5 Å². The quantitative estimate of drug-likeness (QED) is 0.635. The molecule has 146 valence electrons. The first-order chi connectivity index (χ1) is 13.4. The molecule has 2 aromatic rings. The van der Waals surface area contributed by atoms with Gasteiger partial charge in [-0.05, 0) is 55.7 Å². The molecule has 0 aliphatic carbocycles. The van der Waals surface area contributed by atoms with Gasteiger partial charge in [0.25, 0.3) is 5.91 Å². The van der Waals surface area contributed by atoms with Crippen molar-refractivity contribution in [3.8, 4) is 11.5 Å². The normalized spacial score (nSPS) is 16.7. The molecule has 0 radical (unpaired) electrons. The standard InChI is InChI=1S/C22H23NO5/c1-14-12-17-6-4-5-7-18(17)23(14)22(26)15(2)28-21(25)11-9-16-8-10-19(24)20(13-16)27-3/h4-11,13-15,24H,12H2,1-3H3/b11-9+/t14-,15+/m0/s1. The highest BCUT2D eigenvalue weighted by molar-refractivity contribution is 6.00. The Kier molecular flexibility index (Phi) is 5.68. The predicted octanol–water partition coefficient (Wildman–Crippen LogP) is 3.32. The molecule has 1 amide bonds. The molecule has 2 aromatic carbocycles. The number of rotatable bonds is 5. The van der Waals surface area contributed by atoms with E-state index in [1.165, 1.54) is 25.3 Å². The zero-order chi connectivity index (χ0) is 20.3. The molecular formula is C22H23NO5. The van der Waals surface area contributed by atoms with Gasteiger partial charge in [-0.2, -0.15) is 0 Å². The fraction of sp³-hybridized carbons (Fsp3) is 0.273. The molecule has 0 bridgehead atoms. The van der Waals surface area contributed by atoms with Crippen molar-refractivity contribution in [3.63, 3.8) is 0 Å². The van der Waals surface area contributed by atoms with Gasteiger partial charge in [0, 0.05) is 17.8 Å². The highest BCUT2D eigenvalue weighted by Crippen LogP contribution is 2.32. The van der Waals surface area contributed by atoms with Crippen LogP contribution in [0, 0.1) is 0 Å². The molecule has 6 nitrogen and oxygen atoms in total. The van der Waals surface area contributed by atoms with Gasteiger partial charge in [-0.3, -0.25) is 4.79 Å². The fourth-order valence-corrected chi connectivity index (χ4v) is 3.32. The molecule has 1 aliphatic rings. The maximum Gasteiger partial charge on any atom is 0.331 e. The first kappa shape index (κ1) is 19.5. The van der Waals surface area contributed by atoms with E-state index >= 15 is 0 Å². The summed E-state index contributed by atoms with van der Waals surface area (Å²) in [5.74, 6) is -0.541. The Hall–Kier alpha value is -3.28. The van der Waals surface area contributed by atoms with Crippen LogP contribution in [0.2, 0.25) is 0 Å². The topological polar surface area (TPSA) is 76.1 Å². The van der Waals surface area contributed by atoms with Gasteiger partial charge in [-0.25, -0.2) is 4.79 Å². The molecule has 28 heavy (non-hydrogen) atoms. The number of nitrogens with zero attached hydrogens (tertiary/aromatic N) is 1. The van der Waals surface area contributed by atoms with Crippen molar-refractivity contribution in [1.82, 2.24) is 0 Å². The molecular weight excluding hydrogens is 358 g/mol. The number of carbonyl (C=O) groups is 2. The third kappa shape index (κ3) is 4.01. The molecule has 1 aliphatic heterocycles. The summed E-state index contributed by atoms with van der Waals surface area (Å²) in [5.41, 5.74) is 2.64. The summed E-state index contributed by atoms with van der Waals surface area (Å²) in [5, 5.41) is 9.60. The first-order valence-corrected chi connectivity index (χ1v) is 9.07. The number of aromatic hydroxyl groups is 1. The minimum atomic E-state index is -0.903. The Labute approximate surface area is 164 Å². The van der Waals surface area contributed by atoms with Gasteiger partial charge in [0.1, 0.15) is 0 Å². The minimum Gasteiger partial charge on any atom is -0.504 e. The molecule has 0 unspecified atom stereocenters. The summed E-state index contributed by atoms with van der Waals surface area (Å²) >= 11 is 0. The molecule has 0 saturated carbocycles. The van der Waals surface area contributed by atoms with Crippen LogP contribution in [-0.4, -0.2) is 36.2 Å². The van der Waals surface area contributed by atoms with Crippen LogP contribution in [0.3, 0.4) is 0 Å². The van der Waals surface area contributed by atoms with E-state index in [9.17, 15) is 14.7 Å². The molecule has 6 heteroatoms. The van der Waals surface area contributed by atoms with Crippen LogP contribution in [0.5, 0.6) is 11.5 Å². The molecule has 0 fully saturated rings. The number of esters is 1. The van der Waals surface area contributed by atoms with Crippen molar-refractivity contribution in [2.75, 3.05) is 12.0 Å². The smallest absolute Gasteiger partial charge is 0.331 e. The molecule has 0 spiro atoms. The minimum absolute atomic E-state index is 0.0152. The van der Waals surface area contributed by atoms with Crippen molar-refractivity contribution in [2.24, 2.45) is 0 Å². The average Bonchev–Trinajstić information content (AvgIpc) is 3.02. The number of amides is 1. The van der Waals surface area contributed by atoms with E-state index in [1.807, 2.05) is 31.2 Å². The second kappa shape index (κ2) is 8.17. The van der Waals surface area contributed by atoms with E-state index in [0.717, 1.165) is 17.7 Å². The number of benzene rings is 2. The van der Waals surface area contributed by atoms with Crippen LogP contribution in [0.4, 0.5) is 5.69 Å². The Morgan fingerprint density at radius 3 is 2.75 bits per heavy atom. The maximum atomic E-state index is 12.8. The van der Waals surface area contributed by atoms with Crippen molar-refractivity contribution in [3.05, 3.63) is 59.7 Å². The van der Waals surface area contributed by atoms with Crippen LogP contribution in [0.25, 0.3) is 6.08 Å². The molecule has 3 rings (SSSR count). The largest absolute Gasteiger partial charge is 0.504 e. The number of carbonyl (C=O) groups excluding carboxylic acids is 2. The van der Waals surface area contributed by atoms with E-state index in [0.29, 0.717) is 11.3 Å². The molecule has 1 N–H and O–H groups in total. The number of para-hydroxylation sites is 1. The summed E-state index contributed by atoms with van der Waals surface area (Å²) in [7, 11) is 1.45. The Morgan fingerprint density at radius 1 is 1.25 bits per heavy atom. The van der Waals surface area contributed by atoms with Gasteiger partial charge < -0.3 is 19.5 Å². The van der Waals surface area contributed by atoms with Crippen LogP contribution in [0.1, 0.15) is 25.0 Å². The van der Waals surface area contributed by atoms with Crippen molar-refractivity contribution >= 4 is 23.6 Å². The number of phenolic OH excluding ortho intramolecular Hbond substituents is 1. The SMILES string of the molecule is COc1cc(/C=C/C(=O)O[C@H](C)C(=O)N2c3ccccc3C[C@@H]2C)ccc1O. The lowest BCUT2D eigenvalue weighted by molar-refractivity contribution is -0.149. The highest BCUT2D eigenvalue weighted by atomic mass is 16.5. The third-order valence-electron chi connectivity index (χ3n) is 4.70. The van der Waals surface area contributed by atoms with Crippen LogP contribution < -0.4 is 9.64 Å². The molecule has 2 atom stereocenters. The summed E-state index contributed by atoms with van der Waals surface area (Å²) in [4.78, 5) is 26.7. The second-order valence-corrected chi connectivity index (χ2v) is 6.73. The second-order valence-electron chi connectivity index (χ2n) is 6.73. The van der Waals surface area contributed by atoms with Crippen LogP contribution in [-0.2, 0) is 20.7 Å². The van der Waals surface area contributed by atoms with E-state index in [1.54, 1.807) is 24.0 Å². The predicted molar refractivity (Wildman–Crippen MR) is 106 cm³/mol. The Morgan fingerprint density at radius 2 is 2.00 bits per heavy atom. The van der Waals surface area contributed by atoms with Crippen molar-refractivity contribution < 1.29 is 24.2 Å². The lowest BCUT2D eigenvalue weighted by Gasteiger charge is -2.25. The number of anilines is 1. The van der Waals surface area contributed by atoms with Gasteiger partial charge in [-0.15, -0.1) is 0 Å².